The van der Waals surface area contributed by atoms with Gasteiger partial charge in [-0.25, -0.2) is 5.06 Å². The van der Waals surface area contributed by atoms with E-state index in [1.54, 1.807) is 11.3 Å². The molecule has 2 aromatic rings. The van der Waals surface area contributed by atoms with Crippen molar-refractivity contribution in [3.63, 3.8) is 0 Å². The summed E-state index contributed by atoms with van der Waals surface area (Å²) in [5, 5.41) is 11.3. The van der Waals surface area contributed by atoms with Crippen molar-refractivity contribution in [3.8, 4) is 0 Å². The maximum Gasteiger partial charge on any atom is 0.117 e. The Morgan fingerprint density at radius 1 is 1.24 bits per heavy atom. The van der Waals surface area contributed by atoms with Crippen LogP contribution in [-0.2, 0) is 6.54 Å². The molecule has 3 rings (SSSR count). The number of hydroxylamine groups is 1. The second-order valence-electron chi connectivity index (χ2n) is 4.24. The third kappa shape index (κ3) is 1.90. The largest absolute Gasteiger partial charge is 0.346 e. The number of anilines is 2. The average molecular weight is 246 g/mol. The molecular formula is C13H14N2OS. The van der Waals surface area contributed by atoms with Crippen LogP contribution in [-0.4, -0.2) is 11.9 Å². The Bertz CT molecular complexity index is 523. The lowest BCUT2D eigenvalue weighted by molar-refractivity contribution is 0.247. The molecule has 0 saturated heterocycles. The Morgan fingerprint density at radius 2 is 2.00 bits per heavy atom. The highest BCUT2D eigenvalue weighted by molar-refractivity contribution is 7.12. The van der Waals surface area contributed by atoms with E-state index in [2.05, 4.69) is 24.0 Å². The number of para-hydroxylation sites is 1. The fraction of sp³-hybridized carbons (Fsp3) is 0.231. The fourth-order valence-electron chi connectivity index (χ4n) is 2.15. The van der Waals surface area contributed by atoms with Gasteiger partial charge < -0.3 is 4.90 Å². The standard InChI is InChI=1S/C13H14N2OS/c1-10-7-12-13(17-10)8-14(9-15(12)16)11-5-3-2-4-6-11/h2-7,16H,8-9H2,1H3. The maximum absolute atomic E-state index is 10.0. The van der Waals surface area contributed by atoms with Crippen molar-refractivity contribution < 1.29 is 5.21 Å². The zero-order chi connectivity index (χ0) is 11.8. The Kier molecular flexibility index (Phi) is 2.53. The molecule has 0 fully saturated rings. The van der Waals surface area contributed by atoms with Gasteiger partial charge in [-0.2, -0.15) is 0 Å². The molecule has 1 aromatic carbocycles. The average Bonchev–Trinajstić information content (AvgIpc) is 2.71. The first-order valence-corrected chi connectivity index (χ1v) is 6.41. The van der Waals surface area contributed by atoms with Gasteiger partial charge in [0, 0.05) is 15.4 Å². The summed E-state index contributed by atoms with van der Waals surface area (Å²) in [4.78, 5) is 4.63. The Hall–Kier alpha value is -1.52. The molecule has 2 heterocycles. The summed E-state index contributed by atoms with van der Waals surface area (Å²) in [5.41, 5.74) is 2.10. The molecule has 0 bridgehead atoms. The number of rotatable bonds is 1. The monoisotopic (exact) mass is 246 g/mol. The summed E-state index contributed by atoms with van der Waals surface area (Å²) in [6, 6.07) is 12.2. The lowest BCUT2D eigenvalue weighted by Crippen LogP contribution is -2.39. The van der Waals surface area contributed by atoms with Gasteiger partial charge in [0.1, 0.15) is 6.67 Å². The SMILES string of the molecule is Cc1cc2c(s1)CN(c1ccccc1)CN2O. The molecule has 1 aliphatic rings. The van der Waals surface area contributed by atoms with Gasteiger partial charge in [-0.3, -0.25) is 5.21 Å². The minimum atomic E-state index is 0.521. The van der Waals surface area contributed by atoms with Crippen molar-refractivity contribution in [3.05, 3.63) is 46.2 Å². The first-order valence-electron chi connectivity index (χ1n) is 5.60. The van der Waals surface area contributed by atoms with E-state index in [4.69, 9.17) is 0 Å². The van der Waals surface area contributed by atoms with Gasteiger partial charge in [0.15, 0.2) is 0 Å². The van der Waals surface area contributed by atoms with Crippen molar-refractivity contribution in [2.75, 3.05) is 16.6 Å². The van der Waals surface area contributed by atoms with Gasteiger partial charge in [0.25, 0.3) is 0 Å². The predicted molar refractivity (Wildman–Crippen MR) is 70.8 cm³/mol. The molecule has 0 aliphatic carbocycles. The summed E-state index contributed by atoms with van der Waals surface area (Å²) in [5.74, 6) is 0. The zero-order valence-corrected chi connectivity index (χ0v) is 10.4. The van der Waals surface area contributed by atoms with Crippen LogP contribution in [0, 0.1) is 6.92 Å². The van der Waals surface area contributed by atoms with E-state index in [0.29, 0.717) is 6.67 Å². The Labute approximate surface area is 104 Å². The smallest absolute Gasteiger partial charge is 0.117 e. The molecule has 0 radical (unpaired) electrons. The number of aryl methyl sites for hydroxylation is 1. The highest BCUT2D eigenvalue weighted by Gasteiger charge is 2.23. The summed E-state index contributed by atoms with van der Waals surface area (Å²) in [6.07, 6.45) is 0. The second kappa shape index (κ2) is 4.05. The van der Waals surface area contributed by atoms with E-state index >= 15 is 0 Å². The normalized spacial score (nSPS) is 14.9. The van der Waals surface area contributed by atoms with Crippen LogP contribution in [0.4, 0.5) is 11.4 Å². The number of nitrogens with zero attached hydrogens (tertiary/aromatic N) is 2. The van der Waals surface area contributed by atoms with Crippen LogP contribution in [0.25, 0.3) is 0 Å². The van der Waals surface area contributed by atoms with Crippen molar-refractivity contribution in [1.82, 2.24) is 0 Å². The molecule has 1 aliphatic heterocycles. The Morgan fingerprint density at radius 3 is 2.76 bits per heavy atom. The fourth-order valence-corrected chi connectivity index (χ4v) is 3.20. The summed E-state index contributed by atoms with van der Waals surface area (Å²) in [7, 11) is 0. The summed E-state index contributed by atoms with van der Waals surface area (Å²) in [6.45, 7) is 3.46. The highest BCUT2D eigenvalue weighted by Crippen LogP contribution is 2.35. The predicted octanol–water partition coefficient (Wildman–Crippen LogP) is 3.23. The second-order valence-corrected chi connectivity index (χ2v) is 5.58. The zero-order valence-electron chi connectivity index (χ0n) is 9.63. The van der Waals surface area contributed by atoms with Gasteiger partial charge in [0.05, 0.1) is 12.2 Å². The number of hydrogen-bond acceptors (Lipinski definition) is 4. The third-order valence-electron chi connectivity index (χ3n) is 2.95. The van der Waals surface area contributed by atoms with Crippen molar-refractivity contribution >= 4 is 22.7 Å². The molecular weight excluding hydrogens is 232 g/mol. The van der Waals surface area contributed by atoms with Crippen LogP contribution in [0.5, 0.6) is 0 Å². The van der Waals surface area contributed by atoms with Crippen LogP contribution in [0.15, 0.2) is 36.4 Å². The molecule has 4 heteroatoms. The first-order chi connectivity index (χ1) is 8.24. The lowest BCUT2D eigenvalue weighted by Gasteiger charge is -2.34. The Balaban J connectivity index is 1.93. The topological polar surface area (TPSA) is 26.7 Å². The quantitative estimate of drug-likeness (QED) is 0.837. The highest BCUT2D eigenvalue weighted by atomic mass is 32.1. The molecule has 0 unspecified atom stereocenters. The van der Waals surface area contributed by atoms with E-state index in [9.17, 15) is 5.21 Å². The van der Waals surface area contributed by atoms with E-state index in [1.165, 1.54) is 14.8 Å². The molecule has 0 amide bonds. The van der Waals surface area contributed by atoms with Gasteiger partial charge in [-0.15, -0.1) is 11.3 Å². The molecule has 0 spiro atoms. The number of fused-ring (bicyclic) bond motifs is 1. The van der Waals surface area contributed by atoms with E-state index in [1.807, 2.05) is 24.3 Å². The van der Waals surface area contributed by atoms with Crippen LogP contribution in [0.2, 0.25) is 0 Å². The van der Waals surface area contributed by atoms with Gasteiger partial charge in [-0.1, -0.05) is 18.2 Å². The molecule has 17 heavy (non-hydrogen) atoms. The van der Waals surface area contributed by atoms with E-state index in [-0.39, 0.29) is 0 Å². The molecule has 0 atom stereocenters. The van der Waals surface area contributed by atoms with Crippen LogP contribution in [0.1, 0.15) is 9.75 Å². The molecule has 88 valence electrons. The minimum absolute atomic E-state index is 0.521. The molecule has 1 N–H and O–H groups in total. The van der Waals surface area contributed by atoms with Crippen LogP contribution in [0.3, 0.4) is 0 Å². The van der Waals surface area contributed by atoms with Crippen LogP contribution < -0.4 is 9.96 Å². The van der Waals surface area contributed by atoms with Crippen molar-refractivity contribution in [2.24, 2.45) is 0 Å². The van der Waals surface area contributed by atoms with Crippen molar-refractivity contribution in [2.45, 2.75) is 13.5 Å². The maximum atomic E-state index is 10.0. The minimum Gasteiger partial charge on any atom is -0.346 e. The number of thiophene rings is 1. The lowest BCUT2D eigenvalue weighted by atomic mass is 10.2. The summed E-state index contributed by atoms with van der Waals surface area (Å²) >= 11 is 1.75. The van der Waals surface area contributed by atoms with E-state index in [0.717, 1.165) is 17.9 Å². The third-order valence-corrected chi connectivity index (χ3v) is 3.97. The first kappa shape index (κ1) is 10.6. The molecule has 3 nitrogen and oxygen atoms in total. The van der Waals surface area contributed by atoms with E-state index < -0.39 is 0 Å². The van der Waals surface area contributed by atoms with Crippen LogP contribution >= 0.6 is 11.3 Å². The number of hydrogen-bond donors (Lipinski definition) is 1. The van der Waals surface area contributed by atoms with Gasteiger partial charge in [0.2, 0.25) is 0 Å². The van der Waals surface area contributed by atoms with Gasteiger partial charge >= 0.3 is 0 Å². The van der Waals surface area contributed by atoms with Gasteiger partial charge in [-0.05, 0) is 25.1 Å². The molecule has 0 saturated carbocycles. The number of benzene rings is 1. The summed E-state index contributed by atoms with van der Waals surface area (Å²) < 4.78 is 0. The van der Waals surface area contributed by atoms with Crippen molar-refractivity contribution in [1.29, 1.82) is 0 Å². The molecule has 1 aromatic heterocycles.